The van der Waals surface area contributed by atoms with E-state index in [1.54, 1.807) is 6.20 Å². The Morgan fingerprint density at radius 1 is 1.14 bits per heavy atom. The van der Waals surface area contributed by atoms with Crippen LogP contribution in [-0.4, -0.2) is 83.8 Å². The highest BCUT2D eigenvalue weighted by molar-refractivity contribution is 5.89. The molecule has 0 spiro atoms. The van der Waals surface area contributed by atoms with Gasteiger partial charge in [-0.05, 0) is 25.7 Å². The first-order valence-electron chi connectivity index (χ1n) is 10.8. The van der Waals surface area contributed by atoms with Crippen LogP contribution in [0.3, 0.4) is 0 Å². The molecule has 0 aromatic carbocycles. The fraction of sp³-hybridized carbons (Fsp3) is 0.800. The summed E-state index contributed by atoms with van der Waals surface area (Å²) in [4.78, 5) is 17.4. The van der Waals surface area contributed by atoms with Gasteiger partial charge in [-0.2, -0.15) is 5.10 Å². The van der Waals surface area contributed by atoms with Crippen molar-refractivity contribution in [3.8, 4) is 0 Å². The van der Waals surface area contributed by atoms with Crippen LogP contribution < -0.4 is 5.32 Å². The van der Waals surface area contributed by atoms with Crippen LogP contribution in [0.25, 0.3) is 0 Å². The van der Waals surface area contributed by atoms with Crippen molar-refractivity contribution in [2.75, 3.05) is 51.3 Å². The number of carbonyl (C=O) groups is 1. The highest BCUT2D eigenvalue weighted by Gasteiger charge is 2.30. The molecule has 8 heteroatoms. The van der Waals surface area contributed by atoms with Gasteiger partial charge in [0.1, 0.15) is 0 Å². The highest BCUT2D eigenvalue weighted by atomic mass is 16.5. The van der Waals surface area contributed by atoms with Crippen LogP contribution in [0.4, 0.5) is 10.5 Å². The molecule has 2 saturated heterocycles. The largest absolute Gasteiger partial charge is 0.379 e. The predicted octanol–water partition coefficient (Wildman–Crippen LogP) is 2.17. The number of carbonyl (C=O) groups excluding carboxylic acids is 1. The summed E-state index contributed by atoms with van der Waals surface area (Å²) < 4.78 is 13.1. The first kappa shape index (κ1) is 19.7. The fourth-order valence-corrected chi connectivity index (χ4v) is 4.44. The number of morpholine rings is 1. The Hall–Kier alpha value is -1.64. The van der Waals surface area contributed by atoms with Crippen LogP contribution >= 0.6 is 0 Å². The molecule has 1 unspecified atom stereocenters. The van der Waals surface area contributed by atoms with Gasteiger partial charge in [0.05, 0.1) is 37.7 Å². The van der Waals surface area contributed by atoms with Crippen LogP contribution in [0.1, 0.15) is 38.5 Å². The summed E-state index contributed by atoms with van der Waals surface area (Å²) >= 11 is 0. The zero-order valence-electron chi connectivity index (χ0n) is 16.7. The molecule has 1 aromatic heterocycles. The van der Waals surface area contributed by atoms with E-state index in [0.717, 1.165) is 77.4 Å². The van der Waals surface area contributed by atoms with Gasteiger partial charge in [0.25, 0.3) is 0 Å². The smallest absolute Gasteiger partial charge is 0.322 e. The average molecular weight is 392 g/mol. The second-order valence-corrected chi connectivity index (χ2v) is 8.10. The third-order valence-corrected chi connectivity index (χ3v) is 6.08. The minimum absolute atomic E-state index is 0.0184. The van der Waals surface area contributed by atoms with Crippen LogP contribution in [0, 0.1) is 0 Å². The molecule has 156 valence electrons. The lowest BCUT2D eigenvalue weighted by Crippen LogP contribution is -2.45. The van der Waals surface area contributed by atoms with Crippen molar-refractivity contribution in [1.82, 2.24) is 19.6 Å². The topological polar surface area (TPSA) is 71.9 Å². The van der Waals surface area contributed by atoms with Crippen molar-refractivity contribution in [1.29, 1.82) is 0 Å². The van der Waals surface area contributed by atoms with E-state index in [9.17, 15) is 4.79 Å². The first-order chi connectivity index (χ1) is 13.8. The summed E-state index contributed by atoms with van der Waals surface area (Å²) in [6.07, 6.45) is 10.6. The molecule has 0 bridgehead atoms. The third kappa shape index (κ3) is 5.24. The van der Waals surface area contributed by atoms with Gasteiger partial charge in [-0.3, -0.25) is 9.58 Å². The summed E-state index contributed by atoms with van der Waals surface area (Å²) in [5, 5.41) is 7.48. The molecule has 1 atom stereocenters. The molecule has 3 aliphatic rings. The van der Waals surface area contributed by atoms with Crippen molar-refractivity contribution < 1.29 is 14.3 Å². The van der Waals surface area contributed by atoms with Crippen molar-refractivity contribution in [3.05, 3.63) is 12.4 Å². The van der Waals surface area contributed by atoms with Gasteiger partial charge in [0.15, 0.2) is 0 Å². The molecular weight excluding hydrogens is 358 g/mol. The number of nitrogens with one attached hydrogen (secondary N) is 1. The lowest BCUT2D eigenvalue weighted by molar-refractivity contribution is 0.0360. The standard InChI is InChI=1S/C20H33N5O3/c26-20(25(18-4-1-2-5-18)16-19-6-3-11-28-19)22-17-14-21-24(15-17)8-7-23-9-12-27-13-10-23/h14-15,18-19H,1-13,16H2,(H,22,26). The van der Waals surface area contributed by atoms with Crippen LogP contribution in [0.2, 0.25) is 0 Å². The first-order valence-corrected chi connectivity index (χ1v) is 10.8. The Kier molecular flexibility index (Phi) is 6.82. The molecule has 1 aliphatic carbocycles. The summed E-state index contributed by atoms with van der Waals surface area (Å²) in [6, 6.07) is 0.315. The van der Waals surface area contributed by atoms with Crippen molar-refractivity contribution >= 4 is 11.7 Å². The van der Waals surface area contributed by atoms with E-state index in [1.807, 2.05) is 15.8 Å². The lowest BCUT2D eigenvalue weighted by Gasteiger charge is -2.31. The number of rotatable bonds is 7. The molecule has 1 saturated carbocycles. The number of amides is 2. The van der Waals surface area contributed by atoms with E-state index in [4.69, 9.17) is 9.47 Å². The molecule has 3 heterocycles. The van der Waals surface area contributed by atoms with E-state index in [0.29, 0.717) is 12.6 Å². The molecule has 3 fully saturated rings. The maximum absolute atomic E-state index is 13.0. The Morgan fingerprint density at radius 2 is 1.96 bits per heavy atom. The van der Waals surface area contributed by atoms with Gasteiger partial charge in [-0.15, -0.1) is 0 Å². The predicted molar refractivity (Wildman–Crippen MR) is 106 cm³/mol. The van der Waals surface area contributed by atoms with E-state index >= 15 is 0 Å². The molecule has 4 rings (SSSR count). The summed E-state index contributed by atoms with van der Waals surface area (Å²) in [5.41, 5.74) is 0.766. The van der Waals surface area contributed by atoms with Gasteiger partial charge in [-0.25, -0.2) is 4.79 Å². The number of aromatic nitrogens is 2. The SMILES string of the molecule is O=C(Nc1cnn(CCN2CCOCC2)c1)N(CC1CCCO1)C1CCCC1. The zero-order valence-corrected chi connectivity index (χ0v) is 16.7. The number of ether oxygens (including phenoxy) is 2. The molecule has 8 nitrogen and oxygen atoms in total. The number of hydrogen-bond donors (Lipinski definition) is 1. The Balaban J connectivity index is 1.30. The molecule has 1 aromatic rings. The Bertz CT molecular complexity index is 619. The van der Waals surface area contributed by atoms with E-state index in [2.05, 4.69) is 15.3 Å². The number of nitrogens with zero attached hydrogens (tertiary/aromatic N) is 4. The monoisotopic (exact) mass is 391 g/mol. The van der Waals surface area contributed by atoms with Crippen molar-refractivity contribution in [3.63, 3.8) is 0 Å². The summed E-state index contributed by atoms with van der Waals surface area (Å²) in [5.74, 6) is 0. The lowest BCUT2D eigenvalue weighted by atomic mass is 10.1. The van der Waals surface area contributed by atoms with Gasteiger partial charge < -0.3 is 19.7 Å². The fourth-order valence-electron chi connectivity index (χ4n) is 4.44. The molecular formula is C20H33N5O3. The van der Waals surface area contributed by atoms with Crippen molar-refractivity contribution in [2.45, 2.75) is 57.2 Å². The quantitative estimate of drug-likeness (QED) is 0.771. The van der Waals surface area contributed by atoms with Crippen LogP contribution in [-0.2, 0) is 16.0 Å². The van der Waals surface area contributed by atoms with Crippen LogP contribution in [0.5, 0.6) is 0 Å². The van der Waals surface area contributed by atoms with Gasteiger partial charge in [0.2, 0.25) is 0 Å². The summed E-state index contributed by atoms with van der Waals surface area (Å²) in [7, 11) is 0. The number of anilines is 1. The maximum Gasteiger partial charge on any atom is 0.322 e. The van der Waals surface area contributed by atoms with Crippen LogP contribution in [0.15, 0.2) is 12.4 Å². The third-order valence-electron chi connectivity index (χ3n) is 6.08. The number of hydrogen-bond acceptors (Lipinski definition) is 5. The second-order valence-electron chi connectivity index (χ2n) is 8.10. The average Bonchev–Trinajstić information content (AvgIpc) is 3.48. The Morgan fingerprint density at radius 3 is 2.71 bits per heavy atom. The van der Waals surface area contributed by atoms with Gasteiger partial charge >= 0.3 is 6.03 Å². The molecule has 2 aliphatic heterocycles. The van der Waals surface area contributed by atoms with Gasteiger partial charge in [0, 0.05) is 45.0 Å². The minimum Gasteiger partial charge on any atom is -0.379 e. The van der Waals surface area contributed by atoms with E-state index in [-0.39, 0.29) is 12.1 Å². The van der Waals surface area contributed by atoms with E-state index < -0.39 is 0 Å². The molecule has 0 radical (unpaired) electrons. The molecule has 2 amide bonds. The summed E-state index contributed by atoms with van der Waals surface area (Å²) in [6.45, 7) is 6.85. The highest BCUT2D eigenvalue weighted by Crippen LogP contribution is 2.26. The van der Waals surface area contributed by atoms with Gasteiger partial charge in [-0.1, -0.05) is 12.8 Å². The molecule has 1 N–H and O–H groups in total. The zero-order chi connectivity index (χ0) is 19.2. The molecule has 28 heavy (non-hydrogen) atoms. The van der Waals surface area contributed by atoms with Crippen molar-refractivity contribution in [2.24, 2.45) is 0 Å². The normalized spacial score (nSPS) is 23.9. The minimum atomic E-state index is -0.0184. The number of urea groups is 1. The Labute approximate surface area is 167 Å². The van der Waals surface area contributed by atoms with E-state index in [1.165, 1.54) is 12.8 Å². The maximum atomic E-state index is 13.0. The second kappa shape index (κ2) is 9.71.